The number of nitrogens with one attached hydrogen (secondary N) is 2. The van der Waals surface area contributed by atoms with Crippen LogP contribution in [-0.4, -0.2) is 26.8 Å². The van der Waals surface area contributed by atoms with Gasteiger partial charge in [0, 0.05) is 13.1 Å². The van der Waals surface area contributed by atoms with E-state index in [1.807, 2.05) is 42.5 Å². The van der Waals surface area contributed by atoms with Gasteiger partial charge in [-0.15, -0.1) is 0 Å². The summed E-state index contributed by atoms with van der Waals surface area (Å²) in [5, 5.41) is 5.07. The summed E-state index contributed by atoms with van der Waals surface area (Å²) in [6.07, 6.45) is 1.65. The van der Waals surface area contributed by atoms with E-state index in [1.54, 1.807) is 0 Å². The first-order valence-electron chi connectivity index (χ1n) is 7.33. The average Bonchev–Trinajstić information content (AvgIpc) is 2.54. The van der Waals surface area contributed by atoms with Crippen LogP contribution >= 0.6 is 0 Å². The third-order valence-electron chi connectivity index (χ3n) is 4.03. The van der Waals surface area contributed by atoms with E-state index in [0.29, 0.717) is 13.1 Å². The molecule has 3 rings (SSSR count). The fourth-order valence-corrected chi connectivity index (χ4v) is 4.23. The number of hydrogen-bond donors (Lipinski definition) is 2. The van der Waals surface area contributed by atoms with Crippen LogP contribution in [0.2, 0.25) is 0 Å². The molecule has 1 aliphatic heterocycles. The van der Waals surface area contributed by atoms with Crippen LogP contribution in [0, 0.1) is 0 Å². The van der Waals surface area contributed by atoms with Gasteiger partial charge in [0.25, 0.3) is 0 Å². The zero-order chi connectivity index (χ0) is 14.7. The Morgan fingerprint density at radius 1 is 1.14 bits per heavy atom. The van der Waals surface area contributed by atoms with Crippen molar-refractivity contribution in [1.82, 2.24) is 10.0 Å². The lowest BCUT2D eigenvalue weighted by Gasteiger charge is -2.23. The summed E-state index contributed by atoms with van der Waals surface area (Å²) in [6.45, 7) is 1.81. The molecule has 1 saturated heterocycles. The minimum Gasteiger partial charge on any atom is -0.315 e. The molecule has 2 aromatic carbocycles. The molecule has 0 spiro atoms. The van der Waals surface area contributed by atoms with Gasteiger partial charge in [-0.25, -0.2) is 13.1 Å². The van der Waals surface area contributed by atoms with E-state index in [9.17, 15) is 8.42 Å². The maximum atomic E-state index is 12.3. The molecule has 1 aliphatic rings. The lowest BCUT2D eigenvalue weighted by Crippen LogP contribution is -2.44. The highest BCUT2D eigenvalue weighted by atomic mass is 32.2. The largest absolute Gasteiger partial charge is 0.315 e. The molecule has 2 aromatic rings. The number of piperidine rings is 1. The zero-order valence-corrected chi connectivity index (χ0v) is 12.7. The van der Waals surface area contributed by atoms with Gasteiger partial charge in [0.1, 0.15) is 0 Å². The third-order valence-corrected chi connectivity index (χ3v) is 5.86. The molecule has 0 bridgehead atoms. The summed E-state index contributed by atoms with van der Waals surface area (Å²) in [4.78, 5) is 0. The third kappa shape index (κ3) is 3.26. The first-order chi connectivity index (χ1) is 10.2. The molecular weight excluding hydrogens is 284 g/mol. The Balaban J connectivity index is 1.77. The molecule has 5 heteroatoms. The second-order valence-electron chi connectivity index (χ2n) is 5.47. The van der Waals surface area contributed by atoms with Gasteiger partial charge in [0.2, 0.25) is 10.0 Å². The Labute approximate surface area is 125 Å². The smallest absolute Gasteiger partial charge is 0.216 e. The SMILES string of the molecule is O=S(=O)(NCc1cccc2ccccc12)C1CCCNC1. The number of sulfonamides is 1. The summed E-state index contributed by atoms with van der Waals surface area (Å²) in [6, 6.07) is 14.0. The summed E-state index contributed by atoms with van der Waals surface area (Å²) in [7, 11) is -3.26. The molecule has 0 aromatic heterocycles. The number of hydrogen-bond acceptors (Lipinski definition) is 3. The number of benzene rings is 2. The molecule has 112 valence electrons. The van der Waals surface area contributed by atoms with Crippen molar-refractivity contribution in [2.24, 2.45) is 0 Å². The van der Waals surface area contributed by atoms with E-state index in [4.69, 9.17) is 0 Å². The van der Waals surface area contributed by atoms with Gasteiger partial charge < -0.3 is 5.32 Å². The van der Waals surface area contributed by atoms with Crippen molar-refractivity contribution in [2.75, 3.05) is 13.1 Å². The summed E-state index contributed by atoms with van der Waals surface area (Å²) < 4.78 is 27.5. The monoisotopic (exact) mass is 304 g/mol. The maximum absolute atomic E-state index is 12.3. The van der Waals surface area contributed by atoms with Gasteiger partial charge in [-0.05, 0) is 35.7 Å². The van der Waals surface area contributed by atoms with Gasteiger partial charge >= 0.3 is 0 Å². The van der Waals surface area contributed by atoms with Crippen molar-refractivity contribution in [1.29, 1.82) is 0 Å². The molecule has 0 amide bonds. The van der Waals surface area contributed by atoms with Crippen molar-refractivity contribution in [2.45, 2.75) is 24.6 Å². The van der Waals surface area contributed by atoms with Crippen LogP contribution in [0.4, 0.5) is 0 Å². The van der Waals surface area contributed by atoms with E-state index < -0.39 is 10.0 Å². The fourth-order valence-electron chi connectivity index (χ4n) is 2.83. The van der Waals surface area contributed by atoms with Gasteiger partial charge in [-0.2, -0.15) is 0 Å². The Hall–Kier alpha value is -1.43. The Morgan fingerprint density at radius 3 is 2.76 bits per heavy atom. The molecule has 1 fully saturated rings. The first kappa shape index (κ1) is 14.5. The molecule has 1 heterocycles. The van der Waals surface area contributed by atoms with E-state index in [2.05, 4.69) is 10.0 Å². The average molecular weight is 304 g/mol. The molecule has 2 N–H and O–H groups in total. The topological polar surface area (TPSA) is 58.2 Å². The zero-order valence-electron chi connectivity index (χ0n) is 11.9. The maximum Gasteiger partial charge on any atom is 0.216 e. The Bertz CT molecular complexity index is 717. The molecule has 0 aliphatic carbocycles. The molecule has 0 saturated carbocycles. The quantitative estimate of drug-likeness (QED) is 0.908. The van der Waals surface area contributed by atoms with E-state index in [0.717, 1.165) is 35.7 Å². The van der Waals surface area contributed by atoms with Crippen molar-refractivity contribution in [3.05, 3.63) is 48.0 Å². The fraction of sp³-hybridized carbons (Fsp3) is 0.375. The predicted molar refractivity (Wildman–Crippen MR) is 85.6 cm³/mol. The summed E-state index contributed by atoms with van der Waals surface area (Å²) >= 11 is 0. The van der Waals surface area contributed by atoms with Crippen LogP contribution in [0.5, 0.6) is 0 Å². The second kappa shape index (κ2) is 6.13. The van der Waals surface area contributed by atoms with Crippen LogP contribution in [-0.2, 0) is 16.6 Å². The molecule has 1 atom stereocenters. The van der Waals surface area contributed by atoms with Crippen LogP contribution in [0.15, 0.2) is 42.5 Å². The van der Waals surface area contributed by atoms with Crippen LogP contribution < -0.4 is 10.0 Å². The van der Waals surface area contributed by atoms with Crippen molar-refractivity contribution < 1.29 is 8.42 Å². The summed E-state index contributed by atoms with van der Waals surface area (Å²) in [5.74, 6) is 0. The Kier molecular flexibility index (Phi) is 4.24. The van der Waals surface area contributed by atoms with E-state index >= 15 is 0 Å². The second-order valence-corrected chi connectivity index (χ2v) is 7.52. The van der Waals surface area contributed by atoms with Gasteiger partial charge in [0.15, 0.2) is 0 Å². The molecule has 21 heavy (non-hydrogen) atoms. The first-order valence-corrected chi connectivity index (χ1v) is 8.87. The summed E-state index contributed by atoms with van der Waals surface area (Å²) in [5.41, 5.74) is 1.01. The lowest BCUT2D eigenvalue weighted by atomic mass is 10.1. The van der Waals surface area contributed by atoms with Crippen LogP contribution in [0.1, 0.15) is 18.4 Å². The highest BCUT2D eigenvalue weighted by molar-refractivity contribution is 7.90. The number of fused-ring (bicyclic) bond motifs is 1. The Morgan fingerprint density at radius 2 is 1.95 bits per heavy atom. The van der Waals surface area contributed by atoms with E-state index in [-0.39, 0.29) is 5.25 Å². The van der Waals surface area contributed by atoms with Crippen LogP contribution in [0.25, 0.3) is 10.8 Å². The highest BCUT2D eigenvalue weighted by Gasteiger charge is 2.26. The van der Waals surface area contributed by atoms with Gasteiger partial charge in [-0.1, -0.05) is 42.5 Å². The van der Waals surface area contributed by atoms with Crippen molar-refractivity contribution in [3.8, 4) is 0 Å². The van der Waals surface area contributed by atoms with Crippen molar-refractivity contribution >= 4 is 20.8 Å². The van der Waals surface area contributed by atoms with Crippen LogP contribution in [0.3, 0.4) is 0 Å². The van der Waals surface area contributed by atoms with Crippen molar-refractivity contribution in [3.63, 3.8) is 0 Å². The normalized spacial score (nSPS) is 19.7. The standard InChI is InChI=1S/C16H20N2O2S/c19-21(20,15-8-4-10-17-12-15)18-11-14-7-3-6-13-5-1-2-9-16(13)14/h1-3,5-7,9,15,17-18H,4,8,10-12H2. The molecule has 1 unspecified atom stereocenters. The lowest BCUT2D eigenvalue weighted by molar-refractivity contribution is 0.490. The molecular formula is C16H20N2O2S. The minimum absolute atomic E-state index is 0.318. The molecule has 4 nitrogen and oxygen atoms in total. The minimum atomic E-state index is -3.26. The van der Waals surface area contributed by atoms with Gasteiger partial charge in [0.05, 0.1) is 5.25 Å². The predicted octanol–water partition coefficient (Wildman–Crippen LogP) is 2.01. The highest BCUT2D eigenvalue weighted by Crippen LogP contribution is 2.19. The molecule has 0 radical (unpaired) electrons. The number of rotatable bonds is 4. The van der Waals surface area contributed by atoms with Gasteiger partial charge in [-0.3, -0.25) is 0 Å². The van der Waals surface area contributed by atoms with E-state index in [1.165, 1.54) is 0 Å².